The molecule has 4 nitrogen and oxygen atoms in total. The predicted molar refractivity (Wildman–Crippen MR) is 55.6 cm³/mol. The molecule has 0 aliphatic carbocycles. The second-order valence-corrected chi connectivity index (χ2v) is 5.82. The third kappa shape index (κ3) is 1.36. The number of fused-ring (bicyclic) bond motifs is 1. The number of pyridine rings is 1. The van der Waals surface area contributed by atoms with E-state index in [4.69, 9.17) is 0 Å². The standard InChI is InChI=1S/C8H7NO3S2/c1-14(11,12)6-4-9-5-2-3-13-8(5)7(6)10/h2-4H,1H3,(H,9,10). The lowest BCUT2D eigenvalue weighted by Crippen LogP contribution is -2.13. The second kappa shape index (κ2) is 2.93. The van der Waals surface area contributed by atoms with E-state index in [1.165, 1.54) is 17.5 Å². The van der Waals surface area contributed by atoms with Crippen LogP contribution in [-0.2, 0) is 9.84 Å². The smallest absolute Gasteiger partial charge is 0.217 e. The second-order valence-electron chi connectivity index (χ2n) is 2.92. The van der Waals surface area contributed by atoms with Crippen molar-refractivity contribution in [1.29, 1.82) is 0 Å². The molecule has 6 heteroatoms. The van der Waals surface area contributed by atoms with Crippen LogP contribution in [0.25, 0.3) is 10.2 Å². The summed E-state index contributed by atoms with van der Waals surface area (Å²) in [5.41, 5.74) is 0.253. The third-order valence-electron chi connectivity index (χ3n) is 1.85. The molecule has 0 unspecified atom stereocenters. The average Bonchev–Trinajstić information content (AvgIpc) is 2.50. The molecule has 2 rings (SSSR count). The molecule has 74 valence electrons. The minimum atomic E-state index is -3.44. The van der Waals surface area contributed by atoms with E-state index < -0.39 is 15.3 Å². The molecule has 0 spiro atoms. The Bertz CT molecular complexity index is 636. The van der Waals surface area contributed by atoms with E-state index in [1.807, 2.05) is 0 Å². The Kier molecular flexibility index (Phi) is 1.97. The number of rotatable bonds is 1. The van der Waals surface area contributed by atoms with Crippen LogP contribution < -0.4 is 5.43 Å². The number of hydrogen-bond donors (Lipinski definition) is 1. The van der Waals surface area contributed by atoms with Crippen molar-refractivity contribution in [2.45, 2.75) is 4.90 Å². The van der Waals surface area contributed by atoms with Gasteiger partial charge in [0, 0.05) is 12.5 Å². The first kappa shape index (κ1) is 9.42. The molecular formula is C8H7NO3S2. The number of sulfone groups is 1. The Hall–Kier alpha value is -1.14. The Morgan fingerprint density at radius 2 is 2.14 bits per heavy atom. The van der Waals surface area contributed by atoms with Gasteiger partial charge in [-0.1, -0.05) is 0 Å². The normalized spacial score (nSPS) is 12.1. The summed E-state index contributed by atoms with van der Waals surface area (Å²) >= 11 is 1.24. The fraction of sp³-hybridized carbons (Fsp3) is 0.125. The van der Waals surface area contributed by atoms with Crippen LogP contribution in [0.15, 0.2) is 27.3 Å². The van der Waals surface area contributed by atoms with Crippen molar-refractivity contribution in [3.63, 3.8) is 0 Å². The first-order valence-corrected chi connectivity index (χ1v) is 6.56. The van der Waals surface area contributed by atoms with Crippen LogP contribution in [0.4, 0.5) is 0 Å². The summed E-state index contributed by atoms with van der Waals surface area (Å²) in [6.45, 7) is 0. The molecule has 2 aromatic rings. The molecule has 0 fully saturated rings. The lowest BCUT2D eigenvalue weighted by atomic mass is 10.4. The Labute approximate surface area is 84.1 Å². The first-order chi connectivity index (χ1) is 6.50. The van der Waals surface area contributed by atoms with Gasteiger partial charge in [-0.05, 0) is 11.4 Å². The van der Waals surface area contributed by atoms with Gasteiger partial charge in [0.1, 0.15) is 4.90 Å². The quantitative estimate of drug-likeness (QED) is 0.793. The van der Waals surface area contributed by atoms with Gasteiger partial charge in [0.15, 0.2) is 9.84 Å². The number of aromatic amines is 1. The van der Waals surface area contributed by atoms with Crippen molar-refractivity contribution in [3.05, 3.63) is 27.9 Å². The van der Waals surface area contributed by atoms with Crippen LogP contribution in [0.3, 0.4) is 0 Å². The van der Waals surface area contributed by atoms with Gasteiger partial charge < -0.3 is 4.98 Å². The zero-order chi connectivity index (χ0) is 10.3. The van der Waals surface area contributed by atoms with Crippen molar-refractivity contribution in [2.24, 2.45) is 0 Å². The topological polar surface area (TPSA) is 67.0 Å². The van der Waals surface area contributed by atoms with Crippen LogP contribution in [0.1, 0.15) is 0 Å². The SMILES string of the molecule is CS(=O)(=O)c1c[nH]c2ccsc2c1=O. The molecule has 0 radical (unpaired) electrons. The molecule has 0 aromatic carbocycles. The number of thiophene rings is 1. The van der Waals surface area contributed by atoms with Gasteiger partial charge in [-0.15, -0.1) is 11.3 Å². The van der Waals surface area contributed by atoms with E-state index in [-0.39, 0.29) is 4.90 Å². The maximum absolute atomic E-state index is 11.6. The lowest BCUT2D eigenvalue weighted by molar-refractivity contribution is 0.601. The highest BCUT2D eigenvalue weighted by Gasteiger charge is 2.14. The van der Waals surface area contributed by atoms with E-state index in [2.05, 4.69) is 4.98 Å². The Morgan fingerprint density at radius 3 is 2.79 bits per heavy atom. The lowest BCUT2D eigenvalue weighted by Gasteiger charge is -1.96. The molecule has 2 aromatic heterocycles. The molecule has 0 aliphatic rings. The molecule has 14 heavy (non-hydrogen) atoms. The van der Waals surface area contributed by atoms with Crippen LogP contribution >= 0.6 is 11.3 Å². The zero-order valence-corrected chi connectivity index (χ0v) is 8.91. The number of aromatic nitrogens is 1. The van der Waals surface area contributed by atoms with Crippen molar-refractivity contribution in [2.75, 3.05) is 6.26 Å². The third-order valence-corrected chi connectivity index (χ3v) is 3.87. The summed E-state index contributed by atoms with van der Waals surface area (Å²) in [7, 11) is -3.44. The number of hydrogen-bond acceptors (Lipinski definition) is 4. The van der Waals surface area contributed by atoms with Gasteiger partial charge in [0.05, 0.1) is 10.2 Å². The highest BCUT2D eigenvalue weighted by atomic mass is 32.2. The fourth-order valence-electron chi connectivity index (χ4n) is 1.19. The Morgan fingerprint density at radius 1 is 1.43 bits per heavy atom. The summed E-state index contributed by atoms with van der Waals surface area (Å²) in [5.74, 6) is 0. The van der Waals surface area contributed by atoms with Crippen molar-refractivity contribution in [1.82, 2.24) is 4.98 Å². The maximum Gasteiger partial charge on any atom is 0.217 e. The molecule has 0 saturated carbocycles. The van der Waals surface area contributed by atoms with Crippen molar-refractivity contribution < 1.29 is 8.42 Å². The number of H-pyrrole nitrogens is 1. The van der Waals surface area contributed by atoms with Crippen molar-refractivity contribution in [3.8, 4) is 0 Å². The van der Waals surface area contributed by atoms with E-state index in [0.717, 1.165) is 6.26 Å². The van der Waals surface area contributed by atoms with Gasteiger partial charge in [0.25, 0.3) is 0 Å². The Balaban J connectivity index is 2.95. The summed E-state index contributed by atoms with van der Waals surface area (Å²) in [4.78, 5) is 14.3. The van der Waals surface area contributed by atoms with Gasteiger partial charge in [-0.25, -0.2) is 8.42 Å². The first-order valence-electron chi connectivity index (χ1n) is 3.79. The van der Waals surface area contributed by atoms with Gasteiger partial charge in [-0.2, -0.15) is 0 Å². The van der Waals surface area contributed by atoms with Crippen LogP contribution in [0.2, 0.25) is 0 Å². The molecule has 2 heterocycles. The molecule has 1 N–H and O–H groups in total. The molecule has 0 bridgehead atoms. The fourth-order valence-corrected chi connectivity index (χ4v) is 2.78. The minimum Gasteiger partial charge on any atom is -0.359 e. The van der Waals surface area contributed by atoms with Gasteiger partial charge in [-0.3, -0.25) is 4.79 Å². The monoisotopic (exact) mass is 229 g/mol. The van der Waals surface area contributed by atoms with E-state index in [0.29, 0.717) is 10.2 Å². The maximum atomic E-state index is 11.6. The van der Waals surface area contributed by atoms with Crippen molar-refractivity contribution >= 4 is 31.4 Å². The van der Waals surface area contributed by atoms with Crippen LogP contribution in [0.5, 0.6) is 0 Å². The van der Waals surface area contributed by atoms with Crippen LogP contribution in [-0.4, -0.2) is 19.7 Å². The summed E-state index contributed by atoms with van der Waals surface area (Å²) in [6, 6.07) is 1.74. The highest BCUT2D eigenvalue weighted by Crippen LogP contribution is 2.16. The molecule has 0 aliphatic heterocycles. The summed E-state index contributed by atoms with van der Waals surface area (Å²) < 4.78 is 22.9. The van der Waals surface area contributed by atoms with E-state index in [1.54, 1.807) is 11.4 Å². The largest absolute Gasteiger partial charge is 0.359 e. The molecule has 0 amide bonds. The highest BCUT2D eigenvalue weighted by molar-refractivity contribution is 7.90. The zero-order valence-electron chi connectivity index (χ0n) is 7.27. The summed E-state index contributed by atoms with van der Waals surface area (Å²) in [6.07, 6.45) is 2.27. The molecular weight excluding hydrogens is 222 g/mol. The van der Waals surface area contributed by atoms with E-state index >= 15 is 0 Å². The minimum absolute atomic E-state index is 0.174. The van der Waals surface area contributed by atoms with Gasteiger partial charge in [0.2, 0.25) is 5.43 Å². The van der Waals surface area contributed by atoms with Crippen LogP contribution in [0, 0.1) is 0 Å². The predicted octanol–water partition coefficient (Wildman–Crippen LogP) is 0.993. The van der Waals surface area contributed by atoms with E-state index in [9.17, 15) is 13.2 Å². The average molecular weight is 229 g/mol. The molecule has 0 saturated heterocycles. The number of nitrogens with one attached hydrogen (secondary N) is 1. The van der Waals surface area contributed by atoms with Gasteiger partial charge >= 0.3 is 0 Å². The molecule has 0 atom stereocenters. The summed E-state index contributed by atoms with van der Waals surface area (Å²) in [5, 5.41) is 1.74.